The van der Waals surface area contributed by atoms with Gasteiger partial charge in [-0.1, -0.05) is 60.7 Å². The van der Waals surface area contributed by atoms with Gasteiger partial charge in [0.05, 0.1) is 22.7 Å². The Hall–Kier alpha value is -3.96. The van der Waals surface area contributed by atoms with E-state index >= 15 is 0 Å². The Balaban J connectivity index is 1.34. The molecule has 0 saturated carbocycles. The van der Waals surface area contributed by atoms with Gasteiger partial charge in [-0.15, -0.1) is 0 Å². The summed E-state index contributed by atoms with van der Waals surface area (Å²) in [7, 11) is 0. The predicted molar refractivity (Wildman–Crippen MR) is 126 cm³/mol. The van der Waals surface area contributed by atoms with Crippen molar-refractivity contribution < 1.29 is 4.84 Å². The molecule has 0 fully saturated rings. The summed E-state index contributed by atoms with van der Waals surface area (Å²) in [5.74, 6) is 0. The molecule has 0 atom stereocenters. The first-order chi connectivity index (χ1) is 14.9. The first-order valence-electron chi connectivity index (χ1n) is 9.82. The maximum atomic E-state index is 5.68. The van der Waals surface area contributed by atoms with Gasteiger partial charge in [0.15, 0.2) is 0 Å². The summed E-state index contributed by atoms with van der Waals surface area (Å²) in [5, 5.41) is 10.1. The Kier molecular flexibility index (Phi) is 6.45. The molecule has 30 heavy (non-hydrogen) atoms. The molecule has 0 amide bonds. The smallest absolute Gasteiger partial charge is 0.144 e. The van der Waals surface area contributed by atoms with Gasteiger partial charge in [-0.05, 0) is 48.5 Å². The molecule has 0 spiro atoms. The second kappa shape index (κ2) is 10.0. The second-order valence-electron chi connectivity index (χ2n) is 6.64. The van der Waals surface area contributed by atoms with Gasteiger partial charge in [-0.3, -0.25) is 10.3 Å². The molecule has 4 rings (SSSR count). The van der Waals surface area contributed by atoms with Gasteiger partial charge in [-0.25, -0.2) is 0 Å². The van der Waals surface area contributed by atoms with Crippen molar-refractivity contribution in [2.45, 2.75) is 0 Å². The third-order valence-corrected chi connectivity index (χ3v) is 4.48. The van der Waals surface area contributed by atoms with Crippen LogP contribution in [0.5, 0.6) is 0 Å². The van der Waals surface area contributed by atoms with Crippen LogP contribution in [-0.4, -0.2) is 6.73 Å². The van der Waals surface area contributed by atoms with Crippen molar-refractivity contribution >= 4 is 34.1 Å². The van der Waals surface area contributed by atoms with E-state index in [1.165, 1.54) is 0 Å². The molecule has 0 aliphatic rings. The van der Waals surface area contributed by atoms with Crippen LogP contribution >= 0.6 is 0 Å². The van der Waals surface area contributed by atoms with E-state index in [1.807, 2.05) is 109 Å². The lowest BCUT2D eigenvalue weighted by atomic mass is 10.2. The van der Waals surface area contributed by atoms with E-state index in [4.69, 9.17) is 4.84 Å². The molecule has 0 aliphatic heterocycles. The molecule has 4 aromatic rings. The van der Waals surface area contributed by atoms with E-state index in [-0.39, 0.29) is 0 Å². The lowest BCUT2D eigenvalue weighted by molar-refractivity contribution is 0.216. The minimum atomic E-state index is 0.299. The van der Waals surface area contributed by atoms with Crippen molar-refractivity contribution in [2.24, 2.45) is 0 Å². The Bertz CT molecular complexity index is 968. The summed E-state index contributed by atoms with van der Waals surface area (Å²) >= 11 is 0. The van der Waals surface area contributed by atoms with Crippen LogP contribution in [0.1, 0.15) is 0 Å². The average molecular weight is 396 g/mol. The molecule has 0 aliphatic carbocycles. The van der Waals surface area contributed by atoms with E-state index in [0.29, 0.717) is 6.73 Å². The standard InChI is InChI=1S/C25H24N4O/c1-3-11-20(12-4-1)27-23-16-8-7-15-22(23)26-19-30-29-25-18-10-9-17-24(25)28-21-13-5-2-6-14-21/h1-18,26-29H,19H2. The van der Waals surface area contributed by atoms with Crippen LogP contribution in [0.25, 0.3) is 0 Å². The highest BCUT2D eigenvalue weighted by molar-refractivity contribution is 5.75. The second-order valence-corrected chi connectivity index (χ2v) is 6.64. The summed E-state index contributed by atoms with van der Waals surface area (Å²) in [4.78, 5) is 5.68. The van der Waals surface area contributed by atoms with Crippen molar-refractivity contribution in [1.29, 1.82) is 0 Å². The maximum absolute atomic E-state index is 5.68. The zero-order valence-electron chi connectivity index (χ0n) is 16.5. The zero-order chi connectivity index (χ0) is 20.4. The summed E-state index contributed by atoms with van der Waals surface area (Å²) in [6.45, 7) is 0.299. The summed E-state index contributed by atoms with van der Waals surface area (Å²) < 4.78 is 0. The highest BCUT2D eigenvalue weighted by Crippen LogP contribution is 2.26. The Labute approximate surface area is 176 Å². The number of hydrogen-bond donors (Lipinski definition) is 4. The fourth-order valence-electron chi connectivity index (χ4n) is 3.01. The molecule has 4 aromatic carbocycles. The largest absolute Gasteiger partial charge is 0.359 e. The zero-order valence-corrected chi connectivity index (χ0v) is 16.5. The van der Waals surface area contributed by atoms with Crippen LogP contribution in [0.2, 0.25) is 0 Å². The van der Waals surface area contributed by atoms with E-state index in [2.05, 4.69) is 21.4 Å². The van der Waals surface area contributed by atoms with Gasteiger partial charge in [0, 0.05) is 11.4 Å². The molecule has 0 saturated heterocycles. The fourth-order valence-corrected chi connectivity index (χ4v) is 3.01. The van der Waals surface area contributed by atoms with Gasteiger partial charge < -0.3 is 16.0 Å². The lowest BCUT2D eigenvalue weighted by Crippen LogP contribution is -2.12. The summed E-state index contributed by atoms with van der Waals surface area (Å²) in [5.41, 5.74) is 8.82. The third-order valence-electron chi connectivity index (χ3n) is 4.48. The van der Waals surface area contributed by atoms with Crippen molar-refractivity contribution in [3.63, 3.8) is 0 Å². The van der Waals surface area contributed by atoms with E-state index < -0.39 is 0 Å². The summed E-state index contributed by atoms with van der Waals surface area (Å²) in [6.07, 6.45) is 0. The quantitative estimate of drug-likeness (QED) is 0.146. The number of nitrogens with one attached hydrogen (secondary N) is 4. The highest BCUT2D eigenvalue weighted by Gasteiger charge is 2.04. The van der Waals surface area contributed by atoms with Gasteiger partial charge in [0.1, 0.15) is 6.73 Å². The average Bonchev–Trinajstić information content (AvgIpc) is 2.80. The minimum Gasteiger partial charge on any atom is -0.359 e. The molecule has 0 heterocycles. The molecule has 0 bridgehead atoms. The van der Waals surface area contributed by atoms with E-state index in [0.717, 1.165) is 34.1 Å². The maximum Gasteiger partial charge on any atom is 0.144 e. The van der Waals surface area contributed by atoms with Crippen LogP contribution in [-0.2, 0) is 4.84 Å². The molecule has 0 radical (unpaired) electrons. The minimum absolute atomic E-state index is 0.299. The Morgan fingerprint density at radius 1 is 0.467 bits per heavy atom. The van der Waals surface area contributed by atoms with Crippen molar-refractivity contribution in [1.82, 2.24) is 0 Å². The van der Waals surface area contributed by atoms with Crippen molar-refractivity contribution in [2.75, 3.05) is 28.2 Å². The van der Waals surface area contributed by atoms with Crippen molar-refractivity contribution in [3.8, 4) is 0 Å². The first kappa shape index (κ1) is 19.4. The van der Waals surface area contributed by atoms with Crippen LogP contribution in [0.4, 0.5) is 34.1 Å². The molecule has 5 nitrogen and oxygen atoms in total. The normalized spacial score (nSPS) is 10.3. The molecule has 4 N–H and O–H groups in total. The van der Waals surface area contributed by atoms with Gasteiger partial charge >= 0.3 is 0 Å². The van der Waals surface area contributed by atoms with Gasteiger partial charge in [0.25, 0.3) is 0 Å². The number of anilines is 6. The van der Waals surface area contributed by atoms with Crippen LogP contribution < -0.4 is 21.4 Å². The van der Waals surface area contributed by atoms with Crippen LogP contribution in [0.15, 0.2) is 109 Å². The first-order valence-corrected chi connectivity index (χ1v) is 9.82. The van der Waals surface area contributed by atoms with E-state index in [9.17, 15) is 0 Å². The topological polar surface area (TPSA) is 57.4 Å². The fraction of sp³-hybridized carbons (Fsp3) is 0.0400. The number of benzene rings is 4. The SMILES string of the molecule is c1ccc(Nc2ccccc2NCONc2ccccc2Nc2ccccc2)cc1. The summed E-state index contributed by atoms with van der Waals surface area (Å²) in [6, 6.07) is 36.1. The highest BCUT2D eigenvalue weighted by atomic mass is 16.7. The predicted octanol–water partition coefficient (Wildman–Crippen LogP) is 6.59. The van der Waals surface area contributed by atoms with Gasteiger partial charge in [-0.2, -0.15) is 0 Å². The van der Waals surface area contributed by atoms with Crippen LogP contribution in [0.3, 0.4) is 0 Å². The molecule has 150 valence electrons. The van der Waals surface area contributed by atoms with E-state index in [1.54, 1.807) is 0 Å². The third kappa shape index (κ3) is 5.31. The molecular formula is C25H24N4O. The van der Waals surface area contributed by atoms with Gasteiger partial charge in [0.2, 0.25) is 0 Å². The monoisotopic (exact) mass is 396 g/mol. The number of rotatable bonds is 9. The number of hydrogen-bond acceptors (Lipinski definition) is 5. The lowest BCUT2D eigenvalue weighted by Gasteiger charge is -2.16. The molecular weight excluding hydrogens is 372 g/mol. The molecule has 0 unspecified atom stereocenters. The number of para-hydroxylation sites is 6. The Morgan fingerprint density at radius 3 is 1.47 bits per heavy atom. The molecule has 0 aromatic heterocycles. The van der Waals surface area contributed by atoms with Crippen molar-refractivity contribution in [3.05, 3.63) is 109 Å². The molecule has 5 heteroatoms. The Morgan fingerprint density at radius 2 is 0.900 bits per heavy atom. The van der Waals surface area contributed by atoms with Crippen LogP contribution in [0, 0.1) is 0 Å².